The topological polar surface area (TPSA) is 39.1 Å². The van der Waals surface area contributed by atoms with Crippen LogP contribution in [-0.4, -0.2) is 30.0 Å². The van der Waals surface area contributed by atoms with E-state index < -0.39 is 0 Å². The van der Waals surface area contributed by atoms with Crippen molar-refractivity contribution in [2.45, 2.75) is 33.9 Å². The Morgan fingerprint density at radius 3 is 2.76 bits per heavy atom. The molecule has 0 saturated carbocycles. The lowest BCUT2D eigenvalue weighted by Gasteiger charge is -2.07. The molecule has 1 heterocycles. The number of ether oxygens (including phenoxy) is 1. The van der Waals surface area contributed by atoms with Crippen molar-refractivity contribution in [3.63, 3.8) is 0 Å². The van der Waals surface area contributed by atoms with Gasteiger partial charge in [0.1, 0.15) is 0 Å². The SMILES string of the molecule is COCCNCc1cn(Cc2cc(C)ccc2C)nc1C. The number of benzene rings is 1. The highest BCUT2D eigenvalue weighted by Gasteiger charge is 2.06. The Morgan fingerprint density at radius 1 is 1.19 bits per heavy atom. The van der Waals surface area contributed by atoms with Crippen molar-refractivity contribution < 1.29 is 4.74 Å². The molecule has 0 bridgehead atoms. The van der Waals surface area contributed by atoms with E-state index in [1.807, 2.05) is 4.68 Å². The minimum Gasteiger partial charge on any atom is -0.383 e. The quantitative estimate of drug-likeness (QED) is 0.796. The molecule has 4 heteroatoms. The van der Waals surface area contributed by atoms with Gasteiger partial charge in [-0.05, 0) is 31.9 Å². The molecule has 0 amide bonds. The number of nitrogens with one attached hydrogen (secondary N) is 1. The van der Waals surface area contributed by atoms with Crippen molar-refractivity contribution >= 4 is 0 Å². The Labute approximate surface area is 127 Å². The van der Waals surface area contributed by atoms with Crippen LogP contribution in [0, 0.1) is 20.8 Å². The molecular formula is C17H25N3O. The Balaban J connectivity index is 2.02. The van der Waals surface area contributed by atoms with Crippen LogP contribution in [0.15, 0.2) is 24.4 Å². The maximum atomic E-state index is 5.04. The highest BCUT2D eigenvalue weighted by atomic mass is 16.5. The molecule has 4 nitrogen and oxygen atoms in total. The molecule has 0 radical (unpaired) electrons. The minimum atomic E-state index is 0.732. The number of hydrogen-bond acceptors (Lipinski definition) is 3. The van der Waals surface area contributed by atoms with Crippen LogP contribution in [0.25, 0.3) is 0 Å². The molecule has 0 saturated heterocycles. The van der Waals surface area contributed by atoms with Gasteiger partial charge in [0, 0.05) is 32.0 Å². The number of hydrogen-bond donors (Lipinski definition) is 1. The van der Waals surface area contributed by atoms with Gasteiger partial charge < -0.3 is 10.1 Å². The first-order chi connectivity index (χ1) is 10.1. The second-order valence-corrected chi connectivity index (χ2v) is 5.54. The van der Waals surface area contributed by atoms with E-state index in [0.29, 0.717) is 0 Å². The van der Waals surface area contributed by atoms with Crippen LogP contribution < -0.4 is 5.32 Å². The van der Waals surface area contributed by atoms with E-state index in [1.54, 1.807) is 7.11 Å². The average Bonchev–Trinajstić information content (AvgIpc) is 2.79. The highest BCUT2D eigenvalue weighted by Crippen LogP contribution is 2.13. The second-order valence-electron chi connectivity index (χ2n) is 5.54. The van der Waals surface area contributed by atoms with Crippen molar-refractivity contribution in [2.24, 2.45) is 0 Å². The first-order valence-corrected chi connectivity index (χ1v) is 7.39. The summed E-state index contributed by atoms with van der Waals surface area (Å²) in [4.78, 5) is 0. The summed E-state index contributed by atoms with van der Waals surface area (Å²) in [6.45, 7) is 9.59. The lowest BCUT2D eigenvalue weighted by Crippen LogP contribution is -2.18. The van der Waals surface area contributed by atoms with E-state index in [1.165, 1.54) is 22.3 Å². The van der Waals surface area contributed by atoms with E-state index in [-0.39, 0.29) is 0 Å². The molecule has 21 heavy (non-hydrogen) atoms. The van der Waals surface area contributed by atoms with Gasteiger partial charge in [-0.15, -0.1) is 0 Å². The van der Waals surface area contributed by atoms with Gasteiger partial charge in [0.25, 0.3) is 0 Å². The summed E-state index contributed by atoms with van der Waals surface area (Å²) in [5.74, 6) is 0. The molecule has 1 aromatic carbocycles. The normalized spacial score (nSPS) is 11.0. The molecule has 1 aromatic heterocycles. The molecular weight excluding hydrogens is 262 g/mol. The largest absolute Gasteiger partial charge is 0.383 e. The van der Waals surface area contributed by atoms with Crippen molar-refractivity contribution in [3.8, 4) is 0 Å². The summed E-state index contributed by atoms with van der Waals surface area (Å²) in [6.07, 6.45) is 2.14. The van der Waals surface area contributed by atoms with Crippen LogP contribution in [0.3, 0.4) is 0 Å². The maximum Gasteiger partial charge on any atom is 0.0662 e. The molecule has 2 rings (SSSR count). The number of aryl methyl sites for hydroxylation is 3. The lowest BCUT2D eigenvalue weighted by molar-refractivity contribution is 0.199. The average molecular weight is 287 g/mol. The fraction of sp³-hybridized carbons (Fsp3) is 0.471. The van der Waals surface area contributed by atoms with E-state index in [2.05, 4.69) is 55.6 Å². The second kappa shape index (κ2) is 7.38. The molecule has 0 aliphatic heterocycles. The predicted molar refractivity (Wildman–Crippen MR) is 85.6 cm³/mol. The standard InChI is InChI=1S/C17H25N3O/c1-13-5-6-14(2)16(9-13)11-20-12-17(15(3)19-20)10-18-7-8-21-4/h5-6,9,12,18H,7-8,10-11H2,1-4H3. The van der Waals surface area contributed by atoms with Gasteiger partial charge in [-0.1, -0.05) is 23.8 Å². The van der Waals surface area contributed by atoms with Crippen LogP contribution in [-0.2, 0) is 17.8 Å². The number of aromatic nitrogens is 2. The Morgan fingerprint density at radius 2 is 2.00 bits per heavy atom. The number of rotatable bonds is 7. The third kappa shape index (κ3) is 4.41. The van der Waals surface area contributed by atoms with Gasteiger partial charge in [0.05, 0.1) is 18.8 Å². The molecule has 0 aliphatic rings. The Hall–Kier alpha value is -1.65. The zero-order valence-corrected chi connectivity index (χ0v) is 13.4. The molecule has 0 spiro atoms. The Kier molecular flexibility index (Phi) is 5.53. The van der Waals surface area contributed by atoms with Gasteiger partial charge >= 0.3 is 0 Å². The third-order valence-corrected chi connectivity index (χ3v) is 3.68. The van der Waals surface area contributed by atoms with Crippen LogP contribution in [0.1, 0.15) is 27.9 Å². The first-order valence-electron chi connectivity index (χ1n) is 7.39. The monoisotopic (exact) mass is 287 g/mol. The van der Waals surface area contributed by atoms with E-state index in [9.17, 15) is 0 Å². The van der Waals surface area contributed by atoms with Crippen LogP contribution >= 0.6 is 0 Å². The maximum absolute atomic E-state index is 5.04. The summed E-state index contributed by atoms with van der Waals surface area (Å²) in [6, 6.07) is 6.56. The fourth-order valence-corrected chi connectivity index (χ4v) is 2.36. The smallest absolute Gasteiger partial charge is 0.0662 e. The Bertz CT molecular complexity index is 590. The van der Waals surface area contributed by atoms with Crippen molar-refractivity contribution in [2.75, 3.05) is 20.3 Å². The van der Waals surface area contributed by atoms with Crippen LogP contribution in [0.4, 0.5) is 0 Å². The summed E-state index contributed by atoms with van der Waals surface area (Å²) < 4.78 is 7.07. The van der Waals surface area contributed by atoms with Gasteiger partial charge in [0.2, 0.25) is 0 Å². The van der Waals surface area contributed by atoms with Crippen LogP contribution in [0.2, 0.25) is 0 Å². The van der Waals surface area contributed by atoms with Crippen molar-refractivity contribution in [1.82, 2.24) is 15.1 Å². The predicted octanol–water partition coefficient (Wildman–Crippen LogP) is 2.59. The molecule has 2 aromatic rings. The summed E-state index contributed by atoms with van der Waals surface area (Å²) in [7, 11) is 1.72. The van der Waals surface area contributed by atoms with Crippen molar-refractivity contribution in [1.29, 1.82) is 0 Å². The zero-order valence-electron chi connectivity index (χ0n) is 13.4. The van der Waals surface area contributed by atoms with E-state index >= 15 is 0 Å². The highest BCUT2D eigenvalue weighted by molar-refractivity contribution is 5.30. The van der Waals surface area contributed by atoms with E-state index in [4.69, 9.17) is 4.74 Å². The first kappa shape index (κ1) is 15.7. The van der Waals surface area contributed by atoms with Gasteiger partial charge in [-0.2, -0.15) is 5.10 Å². The van der Waals surface area contributed by atoms with Crippen LogP contribution in [0.5, 0.6) is 0 Å². The minimum absolute atomic E-state index is 0.732. The van der Waals surface area contributed by atoms with E-state index in [0.717, 1.165) is 31.9 Å². The lowest BCUT2D eigenvalue weighted by atomic mass is 10.1. The van der Waals surface area contributed by atoms with Gasteiger partial charge in [-0.25, -0.2) is 0 Å². The third-order valence-electron chi connectivity index (χ3n) is 3.68. The molecule has 114 valence electrons. The summed E-state index contributed by atoms with van der Waals surface area (Å²) in [5, 5.41) is 7.98. The van der Waals surface area contributed by atoms with Gasteiger partial charge in [-0.3, -0.25) is 4.68 Å². The summed E-state index contributed by atoms with van der Waals surface area (Å²) >= 11 is 0. The molecule has 1 N–H and O–H groups in total. The molecule has 0 atom stereocenters. The fourth-order valence-electron chi connectivity index (χ4n) is 2.36. The number of nitrogens with zero attached hydrogens (tertiary/aromatic N) is 2. The van der Waals surface area contributed by atoms with Crippen molar-refractivity contribution in [3.05, 3.63) is 52.3 Å². The molecule has 0 fully saturated rings. The van der Waals surface area contributed by atoms with Gasteiger partial charge in [0.15, 0.2) is 0 Å². The molecule has 0 unspecified atom stereocenters. The zero-order chi connectivity index (χ0) is 15.2. The molecule has 0 aliphatic carbocycles. The number of methoxy groups -OCH3 is 1. The summed E-state index contributed by atoms with van der Waals surface area (Å²) in [5.41, 5.74) is 6.27.